The summed E-state index contributed by atoms with van der Waals surface area (Å²) < 4.78 is 8.37. The molecule has 2 aromatic carbocycles. The van der Waals surface area contributed by atoms with E-state index in [1.165, 1.54) is 6.07 Å². The molecule has 0 radical (unpaired) electrons. The third-order valence-electron chi connectivity index (χ3n) is 6.46. The van der Waals surface area contributed by atoms with Crippen LogP contribution in [0.25, 0.3) is 0 Å². The Labute approximate surface area is 200 Å². The van der Waals surface area contributed by atoms with Gasteiger partial charge in [-0.05, 0) is 17.7 Å². The van der Waals surface area contributed by atoms with Crippen molar-refractivity contribution >= 4 is 23.2 Å². The molecule has 0 amide bonds. The minimum atomic E-state index is -1.29. The fraction of sp³-hybridized carbons (Fsp3) is 0.321. The third kappa shape index (κ3) is 4.16. The zero-order chi connectivity index (χ0) is 24.7. The normalized spacial score (nSPS) is 18.6. The number of fused-ring (bicyclic) bond motifs is 2. The summed E-state index contributed by atoms with van der Waals surface area (Å²) in [6.07, 6.45) is 6.09. The minimum absolute atomic E-state index is 0.0381. The molecule has 34 heavy (non-hydrogen) atoms. The number of hydrogen-bond acceptors (Lipinski definition) is 5. The standard InChI is InChI=1S/C28H30N2O4/c1-16(2)27(31)17-7-10-20(23(13-17)28(32)33)26-21-11-8-18(29(3)4)14-24(21)34-25-15-19(30(5)6)9-12-22(25)26/h7-16,21,26H,1-6H3. The first-order valence-corrected chi connectivity index (χ1v) is 11.4. The molecule has 0 spiro atoms. The molecule has 6 heteroatoms. The van der Waals surface area contributed by atoms with Crippen LogP contribution in [0.5, 0.6) is 5.75 Å². The number of carbonyl (C=O) groups excluding carboxylic acids is 2. The van der Waals surface area contributed by atoms with E-state index >= 15 is 0 Å². The maximum Gasteiger partial charge on any atom is 0.202 e. The lowest BCUT2D eigenvalue weighted by Crippen LogP contribution is -2.31. The highest BCUT2D eigenvalue weighted by molar-refractivity contribution is 6.02. The molecule has 0 saturated heterocycles. The van der Waals surface area contributed by atoms with Gasteiger partial charge >= 0.3 is 0 Å². The summed E-state index contributed by atoms with van der Waals surface area (Å²) in [5, 5.41) is 12.3. The Morgan fingerprint density at radius 2 is 1.76 bits per heavy atom. The summed E-state index contributed by atoms with van der Waals surface area (Å²) in [5.41, 5.74) is 3.91. The van der Waals surface area contributed by atoms with E-state index in [1.54, 1.807) is 26.0 Å². The second kappa shape index (κ2) is 8.93. The highest BCUT2D eigenvalue weighted by atomic mass is 16.5. The van der Waals surface area contributed by atoms with E-state index in [4.69, 9.17) is 4.74 Å². The van der Waals surface area contributed by atoms with Crippen LogP contribution in [-0.2, 0) is 0 Å². The van der Waals surface area contributed by atoms with Gasteiger partial charge in [-0.3, -0.25) is 4.79 Å². The predicted octanol–water partition coefficient (Wildman–Crippen LogP) is 3.26. The fourth-order valence-electron chi connectivity index (χ4n) is 4.56. The van der Waals surface area contributed by atoms with Gasteiger partial charge in [0.25, 0.3) is 0 Å². The van der Waals surface area contributed by atoms with Crippen molar-refractivity contribution in [2.75, 3.05) is 33.1 Å². The van der Waals surface area contributed by atoms with Crippen molar-refractivity contribution in [1.82, 2.24) is 0 Å². The molecular weight excluding hydrogens is 428 g/mol. The number of benzene rings is 2. The average Bonchev–Trinajstić information content (AvgIpc) is 2.80. The van der Waals surface area contributed by atoms with Crippen LogP contribution in [0, 0.1) is 11.8 Å². The molecule has 176 valence electrons. The zero-order valence-corrected chi connectivity index (χ0v) is 20.5. The summed E-state index contributed by atoms with van der Waals surface area (Å²) in [5.74, 6) is -0.666. The molecule has 2 aliphatic rings. The Morgan fingerprint density at radius 1 is 1.06 bits per heavy atom. The first-order chi connectivity index (χ1) is 16.1. The first-order valence-electron chi connectivity index (χ1n) is 11.4. The van der Waals surface area contributed by atoms with E-state index in [9.17, 15) is 14.7 Å². The molecular formula is C28H30N2O4. The number of aromatic carboxylic acids is 1. The zero-order valence-electron chi connectivity index (χ0n) is 20.5. The predicted molar refractivity (Wildman–Crippen MR) is 131 cm³/mol. The van der Waals surface area contributed by atoms with E-state index in [0.29, 0.717) is 16.9 Å². The molecule has 0 fully saturated rings. The molecule has 1 aliphatic heterocycles. The number of ether oxygens (including phenoxy) is 1. The third-order valence-corrected chi connectivity index (χ3v) is 6.46. The van der Waals surface area contributed by atoms with Crippen LogP contribution in [0.3, 0.4) is 0 Å². The molecule has 2 atom stereocenters. The molecule has 1 heterocycles. The first kappa shape index (κ1) is 23.5. The number of carbonyl (C=O) groups is 2. The second-order valence-corrected chi connectivity index (χ2v) is 9.56. The van der Waals surface area contributed by atoms with Crippen LogP contribution in [0.2, 0.25) is 0 Å². The summed E-state index contributed by atoms with van der Waals surface area (Å²) in [6.45, 7) is 3.60. The number of carboxylic acids is 1. The molecule has 0 aromatic heterocycles. The Bertz CT molecular complexity index is 1260. The van der Waals surface area contributed by atoms with E-state index < -0.39 is 5.97 Å². The van der Waals surface area contributed by atoms with Gasteiger partial charge in [0, 0.05) is 72.4 Å². The topological polar surface area (TPSA) is 72.7 Å². The highest BCUT2D eigenvalue weighted by Crippen LogP contribution is 2.49. The molecule has 4 rings (SSSR count). The fourth-order valence-corrected chi connectivity index (χ4v) is 4.56. The molecule has 0 N–H and O–H groups in total. The van der Waals surface area contributed by atoms with Crippen molar-refractivity contribution < 1.29 is 24.0 Å². The number of ketones is 1. The summed E-state index contributed by atoms with van der Waals surface area (Å²) in [7, 11) is 7.86. The maximum atomic E-state index is 12.6. The molecule has 6 nitrogen and oxygen atoms in total. The molecule has 0 saturated carbocycles. The Kier molecular flexibility index (Phi) is 6.17. The van der Waals surface area contributed by atoms with E-state index in [0.717, 1.165) is 22.7 Å². The van der Waals surface area contributed by atoms with Gasteiger partial charge < -0.3 is 19.5 Å². The number of carboxylic acid groups (broad SMARTS) is 1. The monoisotopic (exact) mass is 458 g/mol. The van der Waals surface area contributed by atoms with Gasteiger partial charge in [-0.1, -0.05) is 38.1 Å². The number of Topliss-reactive ketones (excluding diaryl/α,β-unsaturated/α-hetero) is 1. The van der Waals surface area contributed by atoms with Gasteiger partial charge in [-0.25, -0.2) is 4.58 Å². The number of nitrogens with zero attached hydrogens (tertiary/aromatic N) is 2. The van der Waals surface area contributed by atoms with Gasteiger partial charge in [0.15, 0.2) is 5.78 Å². The lowest BCUT2D eigenvalue weighted by Gasteiger charge is -2.36. The number of hydrogen-bond donors (Lipinski definition) is 0. The van der Waals surface area contributed by atoms with Gasteiger partial charge in [-0.2, -0.15) is 0 Å². The largest absolute Gasteiger partial charge is 0.545 e. The summed E-state index contributed by atoms with van der Waals surface area (Å²) in [4.78, 5) is 26.8. The van der Waals surface area contributed by atoms with Crippen LogP contribution in [0.1, 0.15) is 51.6 Å². The highest BCUT2D eigenvalue weighted by Gasteiger charge is 2.38. The van der Waals surface area contributed by atoms with Crippen molar-refractivity contribution in [3.8, 4) is 5.75 Å². The van der Waals surface area contributed by atoms with Crippen molar-refractivity contribution in [2.24, 2.45) is 11.8 Å². The van der Waals surface area contributed by atoms with Crippen molar-refractivity contribution in [3.63, 3.8) is 0 Å². The molecule has 1 aliphatic carbocycles. The Morgan fingerprint density at radius 3 is 2.38 bits per heavy atom. The van der Waals surface area contributed by atoms with Crippen molar-refractivity contribution in [3.05, 3.63) is 82.6 Å². The number of anilines is 1. The molecule has 0 bridgehead atoms. The van der Waals surface area contributed by atoms with Gasteiger partial charge in [-0.15, -0.1) is 0 Å². The van der Waals surface area contributed by atoms with Gasteiger partial charge in [0.05, 0.1) is 5.97 Å². The smallest absolute Gasteiger partial charge is 0.202 e. The lowest BCUT2D eigenvalue weighted by molar-refractivity contribution is -0.462. The summed E-state index contributed by atoms with van der Waals surface area (Å²) in [6, 6.07) is 10.9. The van der Waals surface area contributed by atoms with E-state index in [-0.39, 0.29) is 29.1 Å². The minimum Gasteiger partial charge on any atom is -0.545 e. The SMILES string of the molecule is CC(C)C(=O)c1ccc(C2c3ccc(N(C)C)cc3OC3=CC(=[N+](C)C)C=CC32)c(C(=O)[O-])c1. The van der Waals surface area contributed by atoms with Gasteiger partial charge in [0.2, 0.25) is 5.71 Å². The van der Waals surface area contributed by atoms with Crippen LogP contribution in [0.4, 0.5) is 5.69 Å². The molecule has 2 aromatic rings. The van der Waals surface area contributed by atoms with Crippen LogP contribution in [0.15, 0.2) is 60.4 Å². The van der Waals surface area contributed by atoms with Crippen molar-refractivity contribution in [1.29, 1.82) is 0 Å². The lowest BCUT2D eigenvalue weighted by atomic mass is 9.74. The van der Waals surface area contributed by atoms with Crippen LogP contribution < -0.4 is 14.7 Å². The Balaban J connectivity index is 1.94. The number of allylic oxidation sites excluding steroid dienone is 3. The van der Waals surface area contributed by atoms with Crippen molar-refractivity contribution in [2.45, 2.75) is 19.8 Å². The van der Waals surface area contributed by atoms with E-state index in [2.05, 4.69) is 6.08 Å². The van der Waals surface area contributed by atoms with E-state index in [1.807, 2.05) is 68.0 Å². The Hall–Kier alpha value is -3.67. The summed E-state index contributed by atoms with van der Waals surface area (Å²) >= 11 is 0. The number of rotatable bonds is 5. The van der Waals surface area contributed by atoms with Gasteiger partial charge in [0.1, 0.15) is 25.6 Å². The molecule has 2 unspecified atom stereocenters. The second-order valence-electron chi connectivity index (χ2n) is 9.56. The maximum absolute atomic E-state index is 12.6. The van der Waals surface area contributed by atoms with Crippen LogP contribution >= 0.6 is 0 Å². The average molecular weight is 459 g/mol. The quantitative estimate of drug-likeness (QED) is 0.508. The van der Waals surface area contributed by atoms with Crippen LogP contribution in [-0.4, -0.2) is 50.2 Å².